The van der Waals surface area contributed by atoms with E-state index in [-0.39, 0.29) is 17.5 Å². The van der Waals surface area contributed by atoms with Crippen LogP contribution in [0.15, 0.2) is 27.6 Å². The number of rotatable bonds is 4. The maximum absolute atomic E-state index is 13.6. The van der Waals surface area contributed by atoms with Crippen LogP contribution in [-0.4, -0.2) is 27.7 Å². The van der Waals surface area contributed by atoms with Gasteiger partial charge in [0.1, 0.15) is 10.7 Å². The van der Waals surface area contributed by atoms with Gasteiger partial charge in [0, 0.05) is 17.6 Å². The van der Waals surface area contributed by atoms with Gasteiger partial charge in [0.25, 0.3) is 0 Å². The molecule has 1 atom stereocenters. The van der Waals surface area contributed by atoms with E-state index in [9.17, 15) is 12.8 Å². The third-order valence-electron chi connectivity index (χ3n) is 2.96. The summed E-state index contributed by atoms with van der Waals surface area (Å²) >= 11 is 3.09. The molecule has 19 heavy (non-hydrogen) atoms. The zero-order chi connectivity index (χ0) is 13.9. The molecule has 0 aliphatic carbocycles. The molecular weight excluding hydrogens is 337 g/mol. The minimum atomic E-state index is -3.83. The van der Waals surface area contributed by atoms with Crippen LogP contribution in [0.1, 0.15) is 19.3 Å². The molecule has 1 aliphatic rings. The molecule has 0 saturated carbocycles. The summed E-state index contributed by atoms with van der Waals surface area (Å²) in [6, 6.07) is 3.86. The van der Waals surface area contributed by atoms with Gasteiger partial charge in [-0.1, -0.05) is 15.9 Å². The lowest BCUT2D eigenvalue weighted by Crippen LogP contribution is -2.35. The molecule has 0 aromatic heterocycles. The minimum Gasteiger partial charge on any atom is -0.377 e. The second kappa shape index (κ2) is 6.30. The number of sulfonamides is 1. The summed E-state index contributed by atoms with van der Waals surface area (Å²) in [4.78, 5) is -0.341. The lowest BCUT2D eigenvalue weighted by atomic mass is 10.1. The first kappa shape index (κ1) is 14.9. The SMILES string of the molecule is O=S(=O)(NCC1CCCCO1)c1ccc(Br)cc1F. The highest BCUT2D eigenvalue weighted by Crippen LogP contribution is 2.19. The van der Waals surface area contributed by atoms with Gasteiger partial charge in [-0.3, -0.25) is 0 Å². The van der Waals surface area contributed by atoms with Crippen LogP contribution in [0.2, 0.25) is 0 Å². The van der Waals surface area contributed by atoms with Crippen LogP contribution in [-0.2, 0) is 14.8 Å². The molecule has 1 fully saturated rings. The Hall–Kier alpha value is -0.500. The van der Waals surface area contributed by atoms with Crippen molar-refractivity contribution in [1.29, 1.82) is 0 Å². The van der Waals surface area contributed by atoms with Crippen LogP contribution in [0, 0.1) is 5.82 Å². The fraction of sp³-hybridized carbons (Fsp3) is 0.500. The van der Waals surface area contributed by atoms with Gasteiger partial charge < -0.3 is 4.74 Å². The van der Waals surface area contributed by atoms with Crippen molar-refractivity contribution in [3.8, 4) is 0 Å². The minimum absolute atomic E-state index is 0.123. The van der Waals surface area contributed by atoms with Crippen LogP contribution in [0.4, 0.5) is 4.39 Å². The molecule has 0 bridgehead atoms. The average Bonchev–Trinajstić information content (AvgIpc) is 2.37. The van der Waals surface area contributed by atoms with E-state index in [0.717, 1.165) is 25.3 Å². The first-order valence-electron chi connectivity index (χ1n) is 6.05. The molecule has 1 aromatic rings. The van der Waals surface area contributed by atoms with Gasteiger partial charge in [-0.2, -0.15) is 0 Å². The molecule has 106 valence electrons. The van der Waals surface area contributed by atoms with E-state index >= 15 is 0 Å². The maximum Gasteiger partial charge on any atom is 0.243 e. The zero-order valence-electron chi connectivity index (χ0n) is 10.2. The monoisotopic (exact) mass is 351 g/mol. The molecule has 1 N–H and O–H groups in total. The Labute approximate surface area is 120 Å². The van der Waals surface area contributed by atoms with Crippen molar-refractivity contribution in [2.24, 2.45) is 0 Å². The highest BCUT2D eigenvalue weighted by atomic mass is 79.9. The molecule has 4 nitrogen and oxygen atoms in total. The topological polar surface area (TPSA) is 55.4 Å². The van der Waals surface area contributed by atoms with Gasteiger partial charge in [0.05, 0.1) is 6.10 Å². The molecule has 1 saturated heterocycles. The fourth-order valence-electron chi connectivity index (χ4n) is 1.94. The number of halogens is 2. The largest absolute Gasteiger partial charge is 0.377 e. The van der Waals surface area contributed by atoms with E-state index in [1.54, 1.807) is 0 Å². The molecule has 0 amide bonds. The van der Waals surface area contributed by atoms with E-state index in [1.165, 1.54) is 12.1 Å². The van der Waals surface area contributed by atoms with E-state index in [2.05, 4.69) is 20.7 Å². The van der Waals surface area contributed by atoms with Gasteiger partial charge in [-0.05, 0) is 37.5 Å². The Morgan fingerprint density at radius 1 is 1.42 bits per heavy atom. The summed E-state index contributed by atoms with van der Waals surface area (Å²) in [6.45, 7) is 0.830. The Balaban J connectivity index is 2.05. The quantitative estimate of drug-likeness (QED) is 0.906. The molecule has 1 aromatic carbocycles. The Morgan fingerprint density at radius 3 is 2.84 bits per heavy atom. The van der Waals surface area contributed by atoms with Crippen LogP contribution in [0.25, 0.3) is 0 Å². The standard InChI is InChI=1S/C12H15BrFNO3S/c13-9-4-5-12(11(14)7-9)19(16,17)15-8-10-3-1-2-6-18-10/h4-5,7,10,15H,1-3,6,8H2. The summed E-state index contributed by atoms with van der Waals surface area (Å²) in [5.74, 6) is -0.772. The van der Waals surface area contributed by atoms with Crippen molar-refractivity contribution in [2.75, 3.05) is 13.2 Å². The van der Waals surface area contributed by atoms with Crippen molar-refractivity contribution >= 4 is 26.0 Å². The Morgan fingerprint density at radius 2 is 2.21 bits per heavy atom. The van der Waals surface area contributed by atoms with Crippen LogP contribution >= 0.6 is 15.9 Å². The molecule has 0 spiro atoms. The number of nitrogens with one attached hydrogen (secondary N) is 1. The van der Waals surface area contributed by atoms with Crippen LogP contribution < -0.4 is 4.72 Å². The number of hydrogen-bond acceptors (Lipinski definition) is 3. The number of benzene rings is 1. The van der Waals surface area contributed by atoms with Crippen molar-refractivity contribution < 1.29 is 17.5 Å². The van der Waals surface area contributed by atoms with Gasteiger partial charge in [-0.15, -0.1) is 0 Å². The highest BCUT2D eigenvalue weighted by molar-refractivity contribution is 9.10. The summed E-state index contributed by atoms with van der Waals surface area (Å²) in [6.07, 6.45) is 2.73. The van der Waals surface area contributed by atoms with Crippen molar-refractivity contribution in [3.63, 3.8) is 0 Å². The van der Waals surface area contributed by atoms with Crippen LogP contribution in [0.3, 0.4) is 0 Å². The first-order valence-corrected chi connectivity index (χ1v) is 8.33. The lowest BCUT2D eigenvalue weighted by Gasteiger charge is -2.22. The predicted octanol–water partition coefficient (Wildman–Crippen LogP) is 2.44. The van der Waals surface area contributed by atoms with Gasteiger partial charge in [-0.25, -0.2) is 17.5 Å². The maximum atomic E-state index is 13.6. The Kier molecular flexibility index (Phi) is 4.94. The second-order valence-electron chi connectivity index (χ2n) is 4.42. The summed E-state index contributed by atoms with van der Waals surface area (Å²) < 4.78 is 45.9. The summed E-state index contributed by atoms with van der Waals surface area (Å²) in [5.41, 5.74) is 0. The molecular formula is C12H15BrFNO3S. The Bertz CT molecular complexity index is 544. The first-order chi connectivity index (χ1) is 8.99. The van der Waals surface area contributed by atoms with Crippen molar-refractivity contribution in [1.82, 2.24) is 4.72 Å². The van der Waals surface area contributed by atoms with E-state index in [0.29, 0.717) is 11.1 Å². The molecule has 0 radical (unpaired) electrons. The van der Waals surface area contributed by atoms with E-state index in [1.807, 2.05) is 0 Å². The smallest absolute Gasteiger partial charge is 0.243 e. The lowest BCUT2D eigenvalue weighted by molar-refractivity contribution is 0.0200. The zero-order valence-corrected chi connectivity index (χ0v) is 12.6. The third kappa shape index (κ3) is 3.98. The second-order valence-corrected chi connectivity index (χ2v) is 7.07. The van der Waals surface area contributed by atoms with Crippen LogP contribution in [0.5, 0.6) is 0 Å². The van der Waals surface area contributed by atoms with Gasteiger partial charge in [0.2, 0.25) is 10.0 Å². The molecule has 1 unspecified atom stereocenters. The van der Waals surface area contributed by atoms with Gasteiger partial charge >= 0.3 is 0 Å². The van der Waals surface area contributed by atoms with E-state index < -0.39 is 15.8 Å². The van der Waals surface area contributed by atoms with Crippen molar-refractivity contribution in [2.45, 2.75) is 30.3 Å². The van der Waals surface area contributed by atoms with Crippen molar-refractivity contribution in [3.05, 3.63) is 28.5 Å². The van der Waals surface area contributed by atoms with Gasteiger partial charge in [0.15, 0.2) is 0 Å². The molecule has 1 aliphatic heterocycles. The normalized spacial score (nSPS) is 20.4. The molecule has 2 rings (SSSR count). The fourth-order valence-corrected chi connectivity index (χ4v) is 3.40. The summed E-state index contributed by atoms with van der Waals surface area (Å²) in [5, 5.41) is 0. The highest BCUT2D eigenvalue weighted by Gasteiger charge is 2.22. The molecule has 1 heterocycles. The average molecular weight is 352 g/mol. The third-order valence-corrected chi connectivity index (χ3v) is 4.91. The summed E-state index contributed by atoms with van der Waals surface area (Å²) in [7, 11) is -3.83. The molecule has 7 heteroatoms. The number of ether oxygens (including phenoxy) is 1. The number of hydrogen-bond donors (Lipinski definition) is 1. The predicted molar refractivity (Wildman–Crippen MR) is 72.9 cm³/mol. The van der Waals surface area contributed by atoms with E-state index in [4.69, 9.17) is 4.74 Å².